The summed E-state index contributed by atoms with van der Waals surface area (Å²) >= 11 is 0. The third-order valence-electron chi connectivity index (χ3n) is 6.35. The minimum absolute atomic E-state index is 0.000684. The Morgan fingerprint density at radius 2 is 1.89 bits per heavy atom. The summed E-state index contributed by atoms with van der Waals surface area (Å²) in [4.78, 5) is 26.3. The SMILES string of the molecule is CCC12CCC(=O)C=C1c1ccc(N(C(C)=O)c3ccccc3)c(C)c1C2. The fraction of sp³-hybridized carbons (Fsp3) is 0.333. The number of amides is 1. The Kier molecular flexibility index (Phi) is 4.26. The lowest BCUT2D eigenvalue weighted by atomic mass is 9.71. The molecule has 2 aromatic rings. The molecule has 0 heterocycles. The first-order valence-corrected chi connectivity index (χ1v) is 9.70. The second-order valence-corrected chi connectivity index (χ2v) is 7.76. The van der Waals surface area contributed by atoms with Crippen LogP contribution in [0.15, 0.2) is 48.5 Å². The number of hydrogen-bond donors (Lipinski definition) is 0. The summed E-state index contributed by atoms with van der Waals surface area (Å²) in [6.45, 7) is 5.93. The third kappa shape index (κ3) is 2.73. The van der Waals surface area contributed by atoms with Gasteiger partial charge in [0.2, 0.25) is 5.91 Å². The van der Waals surface area contributed by atoms with E-state index in [4.69, 9.17) is 0 Å². The highest BCUT2D eigenvalue weighted by atomic mass is 16.2. The van der Waals surface area contributed by atoms with E-state index in [0.29, 0.717) is 6.42 Å². The number of allylic oxidation sites excluding steroid dienone is 2. The zero-order chi connectivity index (χ0) is 19.2. The Hall–Kier alpha value is -2.68. The van der Waals surface area contributed by atoms with Gasteiger partial charge in [-0.2, -0.15) is 0 Å². The maximum Gasteiger partial charge on any atom is 0.228 e. The van der Waals surface area contributed by atoms with Crippen molar-refractivity contribution in [3.05, 3.63) is 65.2 Å². The predicted molar refractivity (Wildman–Crippen MR) is 109 cm³/mol. The van der Waals surface area contributed by atoms with Crippen molar-refractivity contribution in [2.75, 3.05) is 4.90 Å². The van der Waals surface area contributed by atoms with E-state index in [2.05, 4.69) is 19.9 Å². The molecular weight excluding hydrogens is 334 g/mol. The van der Waals surface area contributed by atoms with E-state index < -0.39 is 0 Å². The molecule has 27 heavy (non-hydrogen) atoms. The Morgan fingerprint density at radius 1 is 1.15 bits per heavy atom. The molecule has 1 unspecified atom stereocenters. The number of para-hydroxylation sites is 1. The molecule has 0 saturated carbocycles. The van der Waals surface area contributed by atoms with E-state index in [9.17, 15) is 9.59 Å². The number of carbonyl (C=O) groups excluding carboxylic acids is 2. The number of fused-ring (bicyclic) bond motifs is 3. The van der Waals surface area contributed by atoms with Crippen molar-refractivity contribution < 1.29 is 9.59 Å². The van der Waals surface area contributed by atoms with Crippen LogP contribution in [0.4, 0.5) is 11.4 Å². The molecule has 0 aromatic heterocycles. The second kappa shape index (κ2) is 6.49. The first kappa shape index (κ1) is 17.7. The average Bonchev–Trinajstić information content (AvgIpc) is 3.00. The first-order chi connectivity index (χ1) is 13.0. The van der Waals surface area contributed by atoms with Gasteiger partial charge in [0.1, 0.15) is 0 Å². The normalized spacial score (nSPS) is 20.7. The van der Waals surface area contributed by atoms with Crippen LogP contribution >= 0.6 is 0 Å². The van der Waals surface area contributed by atoms with Crippen molar-refractivity contribution in [2.45, 2.75) is 46.5 Å². The number of carbonyl (C=O) groups is 2. The summed E-state index contributed by atoms with van der Waals surface area (Å²) in [7, 11) is 0. The Balaban J connectivity index is 1.86. The minimum atomic E-state index is -0.000684. The lowest BCUT2D eigenvalue weighted by molar-refractivity contribution is -0.116. The van der Waals surface area contributed by atoms with Crippen LogP contribution in [-0.4, -0.2) is 11.7 Å². The fourth-order valence-electron chi connectivity index (χ4n) is 4.80. The van der Waals surface area contributed by atoms with E-state index in [0.717, 1.165) is 36.2 Å². The van der Waals surface area contributed by atoms with Gasteiger partial charge in [0.15, 0.2) is 5.78 Å². The molecule has 3 nitrogen and oxygen atoms in total. The number of hydrogen-bond acceptors (Lipinski definition) is 2. The fourth-order valence-corrected chi connectivity index (χ4v) is 4.80. The van der Waals surface area contributed by atoms with Crippen LogP contribution in [0.1, 0.15) is 49.8 Å². The number of benzene rings is 2. The van der Waals surface area contributed by atoms with E-state index in [-0.39, 0.29) is 17.1 Å². The maximum absolute atomic E-state index is 12.5. The van der Waals surface area contributed by atoms with Crippen LogP contribution in [0.25, 0.3) is 5.57 Å². The smallest absolute Gasteiger partial charge is 0.228 e. The summed E-state index contributed by atoms with van der Waals surface area (Å²) in [6, 6.07) is 13.9. The lowest BCUT2D eigenvalue weighted by Gasteiger charge is -2.32. The van der Waals surface area contributed by atoms with Crippen LogP contribution in [0.5, 0.6) is 0 Å². The standard InChI is InChI=1S/C24H25NO2/c1-4-24-13-12-19(27)14-22(24)20-10-11-23(16(2)21(20)15-24)25(17(3)26)18-8-6-5-7-9-18/h5-11,14H,4,12-13,15H2,1-3H3. The second-order valence-electron chi connectivity index (χ2n) is 7.76. The highest BCUT2D eigenvalue weighted by molar-refractivity contribution is 6.03. The third-order valence-corrected chi connectivity index (χ3v) is 6.35. The summed E-state index contributed by atoms with van der Waals surface area (Å²) in [5, 5.41) is 0. The lowest BCUT2D eigenvalue weighted by Crippen LogP contribution is -2.25. The number of anilines is 2. The Bertz CT molecular complexity index is 958. The largest absolute Gasteiger partial charge is 0.295 e. The molecule has 1 atom stereocenters. The average molecular weight is 359 g/mol. The minimum Gasteiger partial charge on any atom is -0.295 e. The Morgan fingerprint density at radius 3 is 2.56 bits per heavy atom. The molecule has 2 aliphatic carbocycles. The van der Waals surface area contributed by atoms with Crippen LogP contribution in [0.2, 0.25) is 0 Å². The number of nitrogens with zero attached hydrogens (tertiary/aromatic N) is 1. The van der Waals surface area contributed by atoms with Crippen molar-refractivity contribution in [3.63, 3.8) is 0 Å². The molecule has 0 spiro atoms. The van der Waals surface area contributed by atoms with Crippen molar-refractivity contribution in [1.29, 1.82) is 0 Å². The molecule has 0 saturated heterocycles. The van der Waals surface area contributed by atoms with Crippen LogP contribution in [0.3, 0.4) is 0 Å². The van der Waals surface area contributed by atoms with Gasteiger partial charge in [0, 0.05) is 24.4 Å². The van der Waals surface area contributed by atoms with E-state index in [1.54, 1.807) is 11.8 Å². The molecule has 0 aliphatic heterocycles. The summed E-state index contributed by atoms with van der Waals surface area (Å²) in [5.74, 6) is 0.234. The van der Waals surface area contributed by atoms with E-state index >= 15 is 0 Å². The van der Waals surface area contributed by atoms with Crippen molar-refractivity contribution in [2.24, 2.45) is 5.41 Å². The molecule has 2 aromatic carbocycles. The molecule has 4 rings (SSSR count). The van der Waals surface area contributed by atoms with E-state index in [1.165, 1.54) is 16.7 Å². The van der Waals surface area contributed by atoms with Crippen LogP contribution in [-0.2, 0) is 16.0 Å². The van der Waals surface area contributed by atoms with Crippen molar-refractivity contribution in [1.82, 2.24) is 0 Å². The molecule has 1 amide bonds. The molecule has 3 heteroatoms. The maximum atomic E-state index is 12.5. The molecule has 2 aliphatic rings. The number of ketones is 1. The summed E-state index contributed by atoms with van der Waals surface area (Å²) in [6.07, 6.45) is 5.42. The molecule has 0 fully saturated rings. The zero-order valence-electron chi connectivity index (χ0n) is 16.2. The topological polar surface area (TPSA) is 37.4 Å². The van der Waals surface area contributed by atoms with Crippen molar-refractivity contribution >= 4 is 28.6 Å². The number of rotatable bonds is 3. The summed E-state index contributed by atoms with van der Waals surface area (Å²) < 4.78 is 0. The monoisotopic (exact) mass is 359 g/mol. The van der Waals surface area contributed by atoms with Gasteiger partial charge >= 0.3 is 0 Å². The first-order valence-electron chi connectivity index (χ1n) is 9.70. The summed E-state index contributed by atoms with van der Waals surface area (Å²) in [5.41, 5.74) is 6.72. The van der Waals surface area contributed by atoms with Gasteiger partial charge in [-0.05, 0) is 72.7 Å². The van der Waals surface area contributed by atoms with Crippen molar-refractivity contribution in [3.8, 4) is 0 Å². The zero-order valence-corrected chi connectivity index (χ0v) is 16.2. The molecule has 0 radical (unpaired) electrons. The van der Waals surface area contributed by atoms with Gasteiger partial charge < -0.3 is 0 Å². The molecule has 0 bridgehead atoms. The molecule has 138 valence electrons. The predicted octanol–water partition coefficient (Wildman–Crippen LogP) is 5.38. The van der Waals surface area contributed by atoms with Gasteiger partial charge in [-0.25, -0.2) is 0 Å². The van der Waals surface area contributed by atoms with Gasteiger partial charge in [0.25, 0.3) is 0 Å². The van der Waals surface area contributed by atoms with Crippen LogP contribution in [0, 0.1) is 12.3 Å². The van der Waals surface area contributed by atoms with Gasteiger partial charge in [-0.3, -0.25) is 14.5 Å². The quantitative estimate of drug-likeness (QED) is 0.738. The Labute approximate surface area is 160 Å². The molecular formula is C24H25NO2. The molecule has 0 N–H and O–H groups in total. The van der Waals surface area contributed by atoms with Gasteiger partial charge in [0.05, 0.1) is 5.69 Å². The van der Waals surface area contributed by atoms with Gasteiger partial charge in [-0.1, -0.05) is 31.2 Å². The van der Waals surface area contributed by atoms with E-state index in [1.807, 2.05) is 42.5 Å². The highest BCUT2D eigenvalue weighted by Crippen LogP contribution is 2.55. The highest BCUT2D eigenvalue weighted by Gasteiger charge is 2.43. The van der Waals surface area contributed by atoms with Crippen LogP contribution < -0.4 is 4.90 Å². The van der Waals surface area contributed by atoms with Gasteiger partial charge in [-0.15, -0.1) is 0 Å².